The number of halogens is 1. The van der Waals surface area contributed by atoms with E-state index in [2.05, 4.69) is 48.7 Å². The third-order valence-electron chi connectivity index (χ3n) is 3.70. The van der Waals surface area contributed by atoms with Crippen LogP contribution in [-0.4, -0.2) is 22.5 Å². The Bertz CT molecular complexity index is 554. The van der Waals surface area contributed by atoms with Gasteiger partial charge in [0.15, 0.2) is 0 Å². The molecule has 1 fully saturated rings. The number of thiophene rings is 1. The normalized spacial score (nSPS) is 16.6. The molecule has 0 bridgehead atoms. The molecule has 1 atom stereocenters. The minimum Gasteiger partial charge on any atom is -0.329 e. The van der Waals surface area contributed by atoms with Crippen LogP contribution in [0.1, 0.15) is 30.0 Å². The van der Waals surface area contributed by atoms with Crippen LogP contribution in [0.25, 0.3) is 0 Å². The Balaban J connectivity index is 1.84. The predicted molar refractivity (Wildman–Crippen MR) is 86.6 cm³/mol. The second-order valence-electron chi connectivity index (χ2n) is 5.22. The number of hydrogen-bond donors (Lipinski definition) is 1. The van der Waals surface area contributed by atoms with Crippen molar-refractivity contribution in [1.82, 2.24) is 9.88 Å². The van der Waals surface area contributed by atoms with Gasteiger partial charge < -0.3 is 5.73 Å². The molecule has 0 spiro atoms. The first-order chi connectivity index (χ1) is 9.78. The third kappa shape index (κ3) is 3.28. The van der Waals surface area contributed by atoms with Crippen LogP contribution >= 0.6 is 27.3 Å². The first-order valence-corrected chi connectivity index (χ1v) is 8.59. The molecule has 2 aromatic heterocycles. The molecule has 1 unspecified atom stereocenters. The van der Waals surface area contributed by atoms with Gasteiger partial charge in [-0.2, -0.15) is 11.3 Å². The second-order valence-corrected chi connectivity index (χ2v) is 6.92. The molecule has 0 saturated heterocycles. The SMILES string of the molecule is NCC(c1cncc(Br)c1)N(Cc1ccsc1)C1CC1. The van der Waals surface area contributed by atoms with Crippen molar-refractivity contribution in [2.45, 2.75) is 31.5 Å². The van der Waals surface area contributed by atoms with Gasteiger partial charge in [0, 0.05) is 42.0 Å². The van der Waals surface area contributed by atoms with E-state index < -0.39 is 0 Å². The van der Waals surface area contributed by atoms with E-state index in [1.54, 1.807) is 11.3 Å². The molecule has 0 aliphatic heterocycles. The van der Waals surface area contributed by atoms with Gasteiger partial charge >= 0.3 is 0 Å². The van der Waals surface area contributed by atoms with Crippen LogP contribution in [0.2, 0.25) is 0 Å². The Morgan fingerprint density at radius 2 is 2.30 bits per heavy atom. The monoisotopic (exact) mass is 351 g/mol. The van der Waals surface area contributed by atoms with Crippen LogP contribution < -0.4 is 5.73 Å². The highest BCUT2D eigenvalue weighted by Gasteiger charge is 2.34. The molecule has 1 aliphatic rings. The lowest BCUT2D eigenvalue weighted by Crippen LogP contribution is -2.35. The molecule has 2 N–H and O–H groups in total. The van der Waals surface area contributed by atoms with Crippen LogP contribution in [0.4, 0.5) is 0 Å². The predicted octanol–water partition coefficient (Wildman–Crippen LogP) is 3.57. The first kappa shape index (κ1) is 14.2. The van der Waals surface area contributed by atoms with Crippen LogP contribution in [0, 0.1) is 0 Å². The minimum absolute atomic E-state index is 0.243. The number of rotatable bonds is 6. The van der Waals surface area contributed by atoms with Crippen molar-refractivity contribution >= 4 is 27.3 Å². The highest BCUT2D eigenvalue weighted by molar-refractivity contribution is 9.10. The Morgan fingerprint density at radius 3 is 2.90 bits per heavy atom. The molecule has 1 saturated carbocycles. The smallest absolute Gasteiger partial charge is 0.0492 e. The standard InChI is InChI=1S/C15H18BrN3S/c16-13-5-12(7-18-8-13)15(6-17)19(14-1-2-14)9-11-3-4-20-10-11/h3-5,7-8,10,14-15H,1-2,6,9,17H2. The van der Waals surface area contributed by atoms with Crippen molar-refractivity contribution in [3.63, 3.8) is 0 Å². The lowest BCUT2D eigenvalue weighted by Gasteiger charge is -2.31. The summed E-state index contributed by atoms with van der Waals surface area (Å²) in [5.41, 5.74) is 8.64. The maximum Gasteiger partial charge on any atom is 0.0492 e. The van der Waals surface area contributed by atoms with Gasteiger partial charge in [-0.1, -0.05) is 0 Å². The van der Waals surface area contributed by atoms with E-state index in [0.29, 0.717) is 12.6 Å². The summed E-state index contributed by atoms with van der Waals surface area (Å²) in [5, 5.41) is 4.36. The zero-order chi connectivity index (χ0) is 13.9. The minimum atomic E-state index is 0.243. The zero-order valence-corrected chi connectivity index (χ0v) is 13.6. The largest absolute Gasteiger partial charge is 0.329 e. The highest BCUT2D eigenvalue weighted by atomic mass is 79.9. The molecular formula is C15H18BrN3S. The lowest BCUT2D eigenvalue weighted by atomic mass is 10.1. The molecule has 1 aliphatic carbocycles. The summed E-state index contributed by atoms with van der Waals surface area (Å²) < 4.78 is 1.01. The number of nitrogens with zero attached hydrogens (tertiary/aromatic N) is 2. The van der Waals surface area contributed by atoms with E-state index in [9.17, 15) is 0 Å². The van der Waals surface area contributed by atoms with Crippen molar-refractivity contribution in [3.8, 4) is 0 Å². The van der Waals surface area contributed by atoms with Gasteiger partial charge in [0.25, 0.3) is 0 Å². The van der Waals surface area contributed by atoms with Gasteiger partial charge in [-0.15, -0.1) is 0 Å². The number of hydrogen-bond acceptors (Lipinski definition) is 4. The summed E-state index contributed by atoms with van der Waals surface area (Å²) in [5.74, 6) is 0. The molecule has 0 amide bonds. The maximum atomic E-state index is 6.07. The number of aromatic nitrogens is 1. The lowest BCUT2D eigenvalue weighted by molar-refractivity contribution is 0.182. The summed E-state index contributed by atoms with van der Waals surface area (Å²) in [6.07, 6.45) is 6.31. The van der Waals surface area contributed by atoms with Gasteiger partial charge in [-0.05, 0) is 62.8 Å². The van der Waals surface area contributed by atoms with Crippen LogP contribution in [0.3, 0.4) is 0 Å². The van der Waals surface area contributed by atoms with Crippen molar-refractivity contribution in [2.24, 2.45) is 5.73 Å². The van der Waals surface area contributed by atoms with Crippen LogP contribution in [0.15, 0.2) is 39.8 Å². The van der Waals surface area contributed by atoms with Crippen molar-refractivity contribution in [2.75, 3.05) is 6.54 Å². The molecule has 2 heterocycles. The fourth-order valence-corrected chi connectivity index (χ4v) is 3.61. The van der Waals surface area contributed by atoms with E-state index in [4.69, 9.17) is 5.73 Å². The molecule has 3 nitrogen and oxygen atoms in total. The average Bonchev–Trinajstić information content (AvgIpc) is 3.16. The number of pyridine rings is 1. The third-order valence-corrected chi connectivity index (χ3v) is 4.86. The molecule has 0 radical (unpaired) electrons. The second kappa shape index (κ2) is 6.35. The Morgan fingerprint density at radius 1 is 1.45 bits per heavy atom. The molecule has 106 valence electrons. The summed E-state index contributed by atoms with van der Waals surface area (Å²) in [6.45, 7) is 1.60. The van der Waals surface area contributed by atoms with E-state index in [0.717, 1.165) is 11.0 Å². The van der Waals surface area contributed by atoms with Gasteiger partial charge in [0.1, 0.15) is 0 Å². The fraction of sp³-hybridized carbons (Fsp3) is 0.400. The maximum absolute atomic E-state index is 6.07. The van der Waals surface area contributed by atoms with Crippen LogP contribution in [0.5, 0.6) is 0 Å². The van der Waals surface area contributed by atoms with E-state index >= 15 is 0 Å². The van der Waals surface area contributed by atoms with E-state index in [-0.39, 0.29) is 6.04 Å². The summed E-state index contributed by atoms with van der Waals surface area (Å²) in [6, 6.07) is 5.25. The average molecular weight is 352 g/mol. The Labute approximate surface area is 131 Å². The molecule has 5 heteroatoms. The van der Waals surface area contributed by atoms with Crippen LogP contribution in [-0.2, 0) is 6.54 Å². The van der Waals surface area contributed by atoms with Gasteiger partial charge in [-0.3, -0.25) is 9.88 Å². The van der Waals surface area contributed by atoms with Gasteiger partial charge in [0.05, 0.1) is 0 Å². The zero-order valence-electron chi connectivity index (χ0n) is 11.2. The molecular weight excluding hydrogens is 334 g/mol. The highest BCUT2D eigenvalue weighted by Crippen LogP contribution is 2.36. The van der Waals surface area contributed by atoms with E-state index in [1.165, 1.54) is 24.0 Å². The first-order valence-electron chi connectivity index (χ1n) is 6.85. The van der Waals surface area contributed by atoms with Crippen molar-refractivity contribution in [1.29, 1.82) is 0 Å². The molecule has 3 rings (SSSR count). The summed E-state index contributed by atoms with van der Waals surface area (Å²) >= 11 is 5.26. The quantitative estimate of drug-likeness (QED) is 0.864. The Hall–Kier alpha value is -0.750. The van der Waals surface area contributed by atoms with Crippen molar-refractivity contribution < 1.29 is 0 Å². The summed E-state index contributed by atoms with van der Waals surface area (Å²) in [4.78, 5) is 6.82. The Kier molecular flexibility index (Phi) is 4.51. The molecule has 20 heavy (non-hydrogen) atoms. The van der Waals surface area contributed by atoms with E-state index in [1.807, 2.05) is 12.4 Å². The topological polar surface area (TPSA) is 42.1 Å². The van der Waals surface area contributed by atoms with Crippen molar-refractivity contribution in [3.05, 3.63) is 50.9 Å². The summed E-state index contributed by atoms with van der Waals surface area (Å²) in [7, 11) is 0. The van der Waals surface area contributed by atoms with Gasteiger partial charge in [0.2, 0.25) is 0 Å². The van der Waals surface area contributed by atoms with Gasteiger partial charge in [-0.25, -0.2) is 0 Å². The molecule has 0 aromatic carbocycles. The molecule has 2 aromatic rings. The number of nitrogens with two attached hydrogens (primary N) is 1. The fourth-order valence-electron chi connectivity index (χ4n) is 2.57.